The van der Waals surface area contributed by atoms with Gasteiger partial charge in [-0.25, -0.2) is 0 Å². The van der Waals surface area contributed by atoms with Crippen molar-refractivity contribution in [3.05, 3.63) is 33.8 Å². The summed E-state index contributed by atoms with van der Waals surface area (Å²) in [5, 5.41) is 4.62. The third-order valence-corrected chi connectivity index (χ3v) is 3.49. The van der Waals surface area contributed by atoms with Gasteiger partial charge in [0.2, 0.25) is 0 Å². The second-order valence-electron chi connectivity index (χ2n) is 5.26. The Morgan fingerprint density at radius 3 is 2.56 bits per heavy atom. The van der Waals surface area contributed by atoms with E-state index in [-0.39, 0.29) is 5.41 Å². The second-order valence-corrected chi connectivity index (χ2v) is 6.07. The van der Waals surface area contributed by atoms with Crippen LogP contribution in [0.5, 0.6) is 0 Å². The third kappa shape index (κ3) is 5.57. The topological polar surface area (TPSA) is 21.3 Å². The summed E-state index contributed by atoms with van der Waals surface area (Å²) in [4.78, 5) is 0. The summed E-state index contributed by atoms with van der Waals surface area (Å²) >= 11 is 11.9. The lowest BCUT2D eigenvalue weighted by Crippen LogP contribution is -2.33. The number of halogens is 2. The summed E-state index contributed by atoms with van der Waals surface area (Å²) in [5.41, 5.74) is 1.38. The van der Waals surface area contributed by atoms with Gasteiger partial charge in [0.25, 0.3) is 0 Å². The average molecular weight is 290 g/mol. The first-order chi connectivity index (χ1) is 8.44. The molecule has 0 aliphatic heterocycles. The zero-order valence-corrected chi connectivity index (χ0v) is 12.7. The SMILES string of the molecule is COCCNCC(C)(C)Cc1ccc(Cl)c(Cl)c1. The predicted octanol–water partition coefficient (Wildman–Crippen LogP) is 3.80. The number of nitrogens with one attached hydrogen (secondary N) is 1. The zero-order valence-electron chi connectivity index (χ0n) is 11.2. The molecule has 0 atom stereocenters. The molecule has 0 saturated carbocycles. The van der Waals surface area contributed by atoms with Gasteiger partial charge in [-0.05, 0) is 29.5 Å². The molecule has 4 heteroatoms. The van der Waals surface area contributed by atoms with Gasteiger partial charge in [-0.15, -0.1) is 0 Å². The van der Waals surface area contributed by atoms with Crippen LogP contribution in [0, 0.1) is 5.41 Å². The molecule has 18 heavy (non-hydrogen) atoms. The van der Waals surface area contributed by atoms with Gasteiger partial charge in [-0.3, -0.25) is 0 Å². The zero-order chi connectivity index (χ0) is 13.6. The van der Waals surface area contributed by atoms with Gasteiger partial charge in [0.15, 0.2) is 0 Å². The Labute approximate surface area is 120 Å². The molecule has 0 fully saturated rings. The van der Waals surface area contributed by atoms with Crippen molar-refractivity contribution in [2.24, 2.45) is 5.41 Å². The Morgan fingerprint density at radius 2 is 1.94 bits per heavy atom. The maximum Gasteiger partial charge on any atom is 0.0595 e. The highest BCUT2D eigenvalue weighted by Gasteiger charge is 2.18. The van der Waals surface area contributed by atoms with E-state index in [9.17, 15) is 0 Å². The van der Waals surface area contributed by atoms with Gasteiger partial charge >= 0.3 is 0 Å². The molecule has 0 radical (unpaired) electrons. The van der Waals surface area contributed by atoms with Gasteiger partial charge in [0.05, 0.1) is 16.7 Å². The molecule has 0 aliphatic carbocycles. The predicted molar refractivity (Wildman–Crippen MR) is 78.7 cm³/mol. The van der Waals surface area contributed by atoms with Crippen LogP contribution < -0.4 is 5.32 Å². The number of rotatable bonds is 7. The standard InChI is InChI=1S/C14H21Cl2NO/c1-14(2,10-17-6-7-18-3)9-11-4-5-12(15)13(16)8-11/h4-5,8,17H,6-7,9-10H2,1-3H3. The van der Waals surface area contributed by atoms with E-state index in [2.05, 4.69) is 19.2 Å². The Hall–Kier alpha value is -0.280. The van der Waals surface area contributed by atoms with E-state index in [1.54, 1.807) is 7.11 Å². The summed E-state index contributed by atoms with van der Waals surface area (Å²) in [5.74, 6) is 0. The fraction of sp³-hybridized carbons (Fsp3) is 0.571. The van der Waals surface area contributed by atoms with Crippen molar-refractivity contribution in [2.75, 3.05) is 26.8 Å². The molecule has 102 valence electrons. The van der Waals surface area contributed by atoms with Crippen molar-refractivity contribution < 1.29 is 4.74 Å². The molecule has 0 saturated heterocycles. The molecule has 0 aromatic heterocycles. The van der Waals surface area contributed by atoms with Crippen LogP contribution in [-0.4, -0.2) is 26.8 Å². The van der Waals surface area contributed by atoms with Gasteiger partial charge in [-0.2, -0.15) is 0 Å². The van der Waals surface area contributed by atoms with Crippen molar-refractivity contribution in [1.29, 1.82) is 0 Å². The van der Waals surface area contributed by atoms with Crippen LogP contribution in [0.15, 0.2) is 18.2 Å². The minimum absolute atomic E-state index is 0.172. The van der Waals surface area contributed by atoms with E-state index in [4.69, 9.17) is 27.9 Å². The van der Waals surface area contributed by atoms with Crippen LogP contribution >= 0.6 is 23.2 Å². The van der Waals surface area contributed by atoms with Crippen LogP contribution in [0.2, 0.25) is 10.0 Å². The van der Waals surface area contributed by atoms with E-state index in [1.165, 1.54) is 5.56 Å². The van der Waals surface area contributed by atoms with Crippen LogP contribution in [0.4, 0.5) is 0 Å². The van der Waals surface area contributed by atoms with Crippen molar-refractivity contribution in [2.45, 2.75) is 20.3 Å². The minimum Gasteiger partial charge on any atom is -0.383 e. The minimum atomic E-state index is 0.172. The first-order valence-electron chi connectivity index (χ1n) is 6.08. The quantitative estimate of drug-likeness (QED) is 0.771. The van der Waals surface area contributed by atoms with E-state index in [0.29, 0.717) is 10.0 Å². The molecule has 0 unspecified atom stereocenters. The highest BCUT2D eigenvalue weighted by atomic mass is 35.5. The normalized spacial score (nSPS) is 11.8. The van der Waals surface area contributed by atoms with Gasteiger partial charge < -0.3 is 10.1 Å². The van der Waals surface area contributed by atoms with Gasteiger partial charge in [-0.1, -0.05) is 43.1 Å². The van der Waals surface area contributed by atoms with E-state index < -0.39 is 0 Å². The summed E-state index contributed by atoms with van der Waals surface area (Å²) in [6, 6.07) is 5.83. The first kappa shape index (κ1) is 15.8. The van der Waals surface area contributed by atoms with E-state index >= 15 is 0 Å². The van der Waals surface area contributed by atoms with Crippen LogP contribution in [0.3, 0.4) is 0 Å². The Morgan fingerprint density at radius 1 is 1.22 bits per heavy atom. The lowest BCUT2D eigenvalue weighted by molar-refractivity contribution is 0.194. The fourth-order valence-corrected chi connectivity index (χ4v) is 2.19. The van der Waals surface area contributed by atoms with Crippen LogP contribution in [0.25, 0.3) is 0 Å². The number of benzene rings is 1. The Kier molecular flexibility index (Phi) is 6.44. The monoisotopic (exact) mass is 289 g/mol. The molecule has 0 heterocycles. The average Bonchev–Trinajstić information content (AvgIpc) is 2.29. The molecule has 0 aliphatic rings. The summed E-state index contributed by atoms with van der Waals surface area (Å²) in [7, 11) is 1.71. The third-order valence-electron chi connectivity index (χ3n) is 2.75. The number of methoxy groups -OCH3 is 1. The van der Waals surface area contributed by atoms with Crippen molar-refractivity contribution in [3.63, 3.8) is 0 Å². The number of hydrogen-bond donors (Lipinski definition) is 1. The molecule has 1 aromatic carbocycles. The molecular formula is C14H21Cl2NO. The second kappa shape index (κ2) is 7.34. The smallest absolute Gasteiger partial charge is 0.0595 e. The van der Waals surface area contributed by atoms with Crippen LogP contribution in [-0.2, 0) is 11.2 Å². The van der Waals surface area contributed by atoms with Crippen LogP contribution in [0.1, 0.15) is 19.4 Å². The highest BCUT2D eigenvalue weighted by Crippen LogP contribution is 2.27. The van der Waals surface area contributed by atoms with Crippen molar-refractivity contribution in [3.8, 4) is 0 Å². The van der Waals surface area contributed by atoms with Crippen molar-refractivity contribution >= 4 is 23.2 Å². The van der Waals surface area contributed by atoms with Gasteiger partial charge in [0.1, 0.15) is 0 Å². The lowest BCUT2D eigenvalue weighted by atomic mass is 9.85. The molecule has 0 amide bonds. The molecule has 0 bridgehead atoms. The lowest BCUT2D eigenvalue weighted by Gasteiger charge is -2.25. The fourth-order valence-electron chi connectivity index (χ4n) is 1.87. The molecular weight excluding hydrogens is 269 g/mol. The molecule has 2 nitrogen and oxygen atoms in total. The summed E-state index contributed by atoms with van der Waals surface area (Å²) in [6.45, 7) is 7.02. The van der Waals surface area contributed by atoms with E-state index in [1.807, 2.05) is 18.2 Å². The Bertz CT molecular complexity index is 380. The first-order valence-corrected chi connectivity index (χ1v) is 6.84. The number of hydrogen-bond acceptors (Lipinski definition) is 2. The van der Waals surface area contributed by atoms with Crippen molar-refractivity contribution in [1.82, 2.24) is 5.32 Å². The molecule has 1 aromatic rings. The summed E-state index contributed by atoms with van der Waals surface area (Å²) < 4.78 is 5.01. The molecule has 1 rings (SSSR count). The van der Waals surface area contributed by atoms with E-state index in [0.717, 1.165) is 26.1 Å². The molecule has 1 N–H and O–H groups in total. The maximum atomic E-state index is 6.02. The summed E-state index contributed by atoms with van der Waals surface area (Å²) in [6.07, 6.45) is 0.962. The molecule has 0 spiro atoms. The largest absolute Gasteiger partial charge is 0.383 e. The Balaban J connectivity index is 2.50. The van der Waals surface area contributed by atoms with Gasteiger partial charge in [0, 0.05) is 20.2 Å². The maximum absolute atomic E-state index is 6.02. The highest BCUT2D eigenvalue weighted by molar-refractivity contribution is 6.42. The number of ether oxygens (including phenoxy) is 1.